The largest absolute Gasteiger partial charge is 0.491 e. The van der Waals surface area contributed by atoms with Crippen LogP contribution in [0.3, 0.4) is 0 Å². The second-order valence-corrected chi connectivity index (χ2v) is 7.68. The molecule has 3 rings (SSSR count). The molecule has 0 aliphatic carbocycles. The quantitative estimate of drug-likeness (QED) is 0.774. The SMILES string of the molecule is Cc1cc(NC(=O)C2(c3ccccc3Cl)CCOCC2)ccc1OC(C)C. The van der Waals surface area contributed by atoms with Crippen molar-refractivity contribution in [2.75, 3.05) is 18.5 Å². The summed E-state index contributed by atoms with van der Waals surface area (Å²) in [6.07, 6.45) is 1.32. The molecule has 5 heteroatoms. The summed E-state index contributed by atoms with van der Waals surface area (Å²) in [6, 6.07) is 13.3. The summed E-state index contributed by atoms with van der Waals surface area (Å²) in [5.41, 5.74) is 1.92. The minimum atomic E-state index is -0.683. The van der Waals surface area contributed by atoms with Gasteiger partial charge >= 0.3 is 0 Å². The van der Waals surface area contributed by atoms with Crippen LogP contribution in [0.1, 0.15) is 37.8 Å². The number of amides is 1. The third kappa shape index (κ3) is 4.28. The van der Waals surface area contributed by atoms with Crippen LogP contribution in [-0.4, -0.2) is 25.2 Å². The van der Waals surface area contributed by atoms with Crippen molar-refractivity contribution in [3.05, 3.63) is 58.6 Å². The monoisotopic (exact) mass is 387 g/mol. The molecule has 0 saturated carbocycles. The average molecular weight is 388 g/mol. The van der Waals surface area contributed by atoms with E-state index in [2.05, 4.69) is 5.32 Å². The van der Waals surface area contributed by atoms with Crippen LogP contribution in [0.2, 0.25) is 5.02 Å². The standard InChI is InChI=1S/C22H26ClNO3/c1-15(2)27-20-9-8-17(14-16(20)3)24-21(25)22(10-12-26-13-11-22)18-6-4-5-7-19(18)23/h4-9,14-15H,10-13H2,1-3H3,(H,24,25). The average Bonchev–Trinajstić information content (AvgIpc) is 2.64. The van der Waals surface area contributed by atoms with Gasteiger partial charge in [0.25, 0.3) is 0 Å². The Kier molecular flexibility index (Phi) is 6.08. The van der Waals surface area contributed by atoms with Crippen LogP contribution in [0.25, 0.3) is 0 Å². The van der Waals surface area contributed by atoms with Crippen molar-refractivity contribution < 1.29 is 14.3 Å². The van der Waals surface area contributed by atoms with Gasteiger partial charge in [-0.3, -0.25) is 4.79 Å². The molecule has 1 amide bonds. The molecule has 1 N–H and O–H groups in total. The number of hydrogen-bond donors (Lipinski definition) is 1. The molecule has 1 aliphatic heterocycles. The Morgan fingerprint density at radius 1 is 1.19 bits per heavy atom. The molecule has 0 unspecified atom stereocenters. The van der Waals surface area contributed by atoms with E-state index in [0.717, 1.165) is 22.6 Å². The van der Waals surface area contributed by atoms with Gasteiger partial charge in [0, 0.05) is 23.9 Å². The predicted octanol–water partition coefficient (Wildman–Crippen LogP) is 5.12. The van der Waals surface area contributed by atoms with Gasteiger partial charge in [-0.1, -0.05) is 29.8 Å². The van der Waals surface area contributed by atoms with Gasteiger partial charge in [0.1, 0.15) is 5.75 Å². The first-order chi connectivity index (χ1) is 12.9. The maximum atomic E-state index is 13.4. The van der Waals surface area contributed by atoms with Crippen molar-refractivity contribution in [3.63, 3.8) is 0 Å². The number of halogens is 1. The molecular weight excluding hydrogens is 362 g/mol. The van der Waals surface area contributed by atoms with Gasteiger partial charge in [0.05, 0.1) is 11.5 Å². The number of anilines is 1. The minimum Gasteiger partial charge on any atom is -0.491 e. The van der Waals surface area contributed by atoms with Gasteiger partial charge in [0.15, 0.2) is 0 Å². The molecule has 144 valence electrons. The van der Waals surface area contributed by atoms with E-state index < -0.39 is 5.41 Å². The Balaban J connectivity index is 1.88. The van der Waals surface area contributed by atoms with Crippen molar-refractivity contribution in [1.82, 2.24) is 0 Å². The molecular formula is C22H26ClNO3. The second kappa shape index (κ2) is 8.32. The molecule has 1 saturated heterocycles. The highest BCUT2D eigenvalue weighted by Gasteiger charge is 2.43. The van der Waals surface area contributed by atoms with Crippen molar-refractivity contribution >= 4 is 23.2 Å². The van der Waals surface area contributed by atoms with Gasteiger partial charge in [0.2, 0.25) is 5.91 Å². The van der Waals surface area contributed by atoms with Crippen LogP contribution in [-0.2, 0) is 14.9 Å². The first-order valence-electron chi connectivity index (χ1n) is 9.34. The molecule has 0 radical (unpaired) electrons. The summed E-state index contributed by atoms with van der Waals surface area (Å²) in [6.45, 7) is 7.05. The third-order valence-corrected chi connectivity index (χ3v) is 5.30. The zero-order chi connectivity index (χ0) is 19.4. The number of benzene rings is 2. The van der Waals surface area contributed by atoms with Gasteiger partial charge in [-0.05, 0) is 69.0 Å². The molecule has 0 atom stereocenters. The number of aryl methyl sites for hydroxylation is 1. The Labute approximate surface area is 165 Å². The van der Waals surface area contributed by atoms with E-state index in [0.29, 0.717) is 31.1 Å². The number of nitrogens with one attached hydrogen (secondary N) is 1. The van der Waals surface area contributed by atoms with E-state index in [1.165, 1.54) is 0 Å². The van der Waals surface area contributed by atoms with E-state index in [9.17, 15) is 4.79 Å². The van der Waals surface area contributed by atoms with Crippen LogP contribution in [0.15, 0.2) is 42.5 Å². The Morgan fingerprint density at radius 3 is 2.52 bits per heavy atom. The van der Waals surface area contributed by atoms with Gasteiger partial charge in [-0.15, -0.1) is 0 Å². The van der Waals surface area contributed by atoms with E-state index in [1.54, 1.807) is 0 Å². The Hall–Kier alpha value is -2.04. The number of hydrogen-bond acceptors (Lipinski definition) is 3. The molecule has 0 spiro atoms. The molecule has 1 heterocycles. The fourth-order valence-corrected chi connectivity index (χ4v) is 3.87. The summed E-state index contributed by atoms with van der Waals surface area (Å²) in [4.78, 5) is 13.4. The molecule has 1 fully saturated rings. The first-order valence-corrected chi connectivity index (χ1v) is 9.72. The lowest BCUT2D eigenvalue weighted by molar-refractivity contribution is -0.125. The molecule has 2 aromatic carbocycles. The lowest BCUT2D eigenvalue weighted by Gasteiger charge is -2.36. The molecule has 2 aromatic rings. The maximum absolute atomic E-state index is 13.4. The fourth-order valence-electron chi connectivity index (χ4n) is 3.55. The van der Waals surface area contributed by atoms with Crippen molar-refractivity contribution in [1.29, 1.82) is 0 Å². The van der Waals surface area contributed by atoms with Crippen LogP contribution in [0.4, 0.5) is 5.69 Å². The zero-order valence-corrected chi connectivity index (χ0v) is 16.8. The lowest BCUT2D eigenvalue weighted by Crippen LogP contribution is -2.45. The van der Waals surface area contributed by atoms with Gasteiger partial charge in [-0.2, -0.15) is 0 Å². The topological polar surface area (TPSA) is 47.6 Å². The summed E-state index contributed by atoms with van der Waals surface area (Å²) >= 11 is 6.45. The van der Waals surface area contributed by atoms with E-state index >= 15 is 0 Å². The van der Waals surface area contributed by atoms with Crippen LogP contribution < -0.4 is 10.1 Å². The van der Waals surface area contributed by atoms with Gasteiger partial charge in [-0.25, -0.2) is 0 Å². The molecule has 0 bridgehead atoms. The number of rotatable bonds is 5. The number of carbonyl (C=O) groups excluding carboxylic acids is 1. The van der Waals surface area contributed by atoms with Crippen LogP contribution in [0.5, 0.6) is 5.75 Å². The fraction of sp³-hybridized carbons (Fsp3) is 0.409. The van der Waals surface area contributed by atoms with Crippen LogP contribution in [0, 0.1) is 6.92 Å². The predicted molar refractivity (Wildman–Crippen MR) is 109 cm³/mol. The lowest BCUT2D eigenvalue weighted by atomic mass is 9.73. The van der Waals surface area contributed by atoms with Crippen molar-refractivity contribution in [3.8, 4) is 5.75 Å². The molecule has 0 aromatic heterocycles. The second-order valence-electron chi connectivity index (χ2n) is 7.28. The zero-order valence-electron chi connectivity index (χ0n) is 16.0. The summed E-state index contributed by atoms with van der Waals surface area (Å²) in [7, 11) is 0. The summed E-state index contributed by atoms with van der Waals surface area (Å²) in [5, 5.41) is 3.71. The normalized spacial score (nSPS) is 16.2. The van der Waals surface area contributed by atoms with E-state index in [4.69, 9.17) is 21.1 Å². The third-order valence-electron chi connectivity index (χ3n) is 4.97. The first kappa shape index (κ1) is 19.7. The van der Waals surface area contributed by atoms with E-state index in [-0.39, 0.29) is 12.0 Å². The minimum absolute atomic E-state index is 0.0455. The highest BCUT2D eigenvalue weighted by Crippen LogP contribution is 2.39. The molecule has 4 nitrogen and oxygen atoms in total. The highest BCUT2D eigenvalue weighted by atomic mass is 35.5. The maximum Gasteiger partial charge on any atom is 0.235 e. The van der Waals surface area contributed by atoms with Crippen molar-refractivity contribution in [2.24, 2.45) is 0 Å². The van der Waals surface area contributed by atoms with Crippen molar-refractivity contribution in [2.45, 2.75) is 45.1 Å². The number of carbonyl (C=O) groups is 1. The van der Waals surface area contributed by atoms with Crippen LogP contribution >= 0.6 is 11.6 Å². The smallest absolute Gasteiger partial charge is 0.235 e. The molecule has 27 heavy (non-hydrogen) atoms. The Morgan fingerprint density at radius 2 is 1.89 bits per heavy atom. The summed E-state index contributed by atoms with van der Waals surface area (Å²) in [5.74, 6) is 0.783. The van der Waals surface area contributed by atoms with E-state index in [1.807, 2.05) is 63.2 Å². The summed E-state index contributed by atoms with van der Waals surface area (Å²) < 4.78 is 11.3. The van der Waals surface area contributed by atoms with Gasteiger partial charge < -0.3 is 14.8 Å². The number of ether oxygens (including phenoxy) is 2. The highest BCUT2D eigenvalue weighted by molar-refractivity contribution is 6.31. The molecule has 1 aliphatic rings. The Bertz CT molecular complexity index is 813.